The second kappa shape index (κ2) is 7.79. The maximum absolute atomic E-state index is 14.3. The second-order valence-electron chi connectivity index (χ2n) is 8.77. The fourth-order valence-corrected chi connectivity index (χ4v) is 3.77. The van der Waals surface area contributed by atoms with Crippen LogP contribution >= 0.6 is 0 Å². The third-order valence-corrected chi connectivity index (χ3v) is 5.15. The van der Waals surface area contributed by atoms with Gasteiger partial charge in [-0.1, -0.05) is 6.07 Å². The van der Waals surface area contributed by atoms with E-state index in [1.54, 1.807) is 6.20 Å². The van der Waals surface area contributed by atoms with Crippen molar-refractivity contribution in [2.75, 3.05) is 10.6 Å². The number of para-hydroxylation sites is 1. The number of aliphatic hydroxyl groups is 1. The lowest BCUT2D eigenvalue weighted by Gasteiger charge is -2.28. The van der Waals surface area contributed by atoms with Crippen molar-refractivity contribution in [1.82, 2.24) is 19.5 Å². The summed E-state index contributed by atoms with van der Waals surface area (Å²) in [6.45, 7) is 6.02. The first-order valence-electron chi connectivity index (χ1n) is 10.1. The first-order valence-corrected chi connectivity index (χ1v) is 10.1. The van der Waals surface area contributed by atoms with E-state index in [-0.39, 0.29) is 23.4 Å². The van der Waals surface area contributed by atoms with E-state index in [1.807, 2.05) is 25.3 Å². The predicted octanol–water partition coefficient (Wildman–Crippen LogP) is 4.53. The highest BCUT2D eigenvalue weighted by molar-refractivity contribution is 5.76. The van der Waals surface area contributed by atoms with Crippen LogP contribution in [0.5, 0.6) is 0 Å². The van der Waals surface area contributed by atoms with E-state index in [2.05, 4.69) is 25.6 Å². The standard InChI is InChI=1S/C21H26F2N6O/c1-21(2,3)28-19-24-11-16-18(27-19)29(12-7-9-13(30)10-8-12)20(25-16)26-17-14(22)5-4-6-15(17)23/h4-6,11-13,30H,7-10H2,1-3H3,(H,25,26)(H,24,27,28). The molecule has 1 aromatic carbocycles. The van der Waals surface area contributed by atoms with Gasteiger partial charge >= 0.3 is 0 Å². The summed E-state index contributed by atoms with van der Waals surface area (Å²) in [5.74, 6) is -0.643. The second-order valence-corrected chi connectivity index (χ2v) is 8.77. The van der Waals surface area contributed by atoms with Gasteiger partial charge in [-0.25, -0.2) is 18.7 Å². The van der Waals surface area contributed by atoms with Crippen molar-refractivity contribution >= 4 is 28.7 Å². The van der Waals surface area contributed by atoms with Crippen LogP contribution in [0.4, 0.5) is 26.4 Å². The Morgan fingerprint density at radius 1 is 1.07 bits per heavy atom. The van der Waals surface area contributed by atoms with Gasteiger partial charge in [0.2, 0.25) is 11.9 Å². The minimum Gasteiger partial charge on any atom is -0.393 e. The molecule has 4 rings (SSSR count). The van der Waals surface area contributed by atoms with E-state index in [0.29, 0.717) is 48.7 Å². The molecule has 0 aliphatic heterocycles. The van der Waals surface area contributed by atoms with Crippen molar-refractivity contribution in [3.8, 4) is 0 Å². The highest BCUT2D eigenvalue weighted by atomic mass is 19.1. The van der Waals surface area contributed by atoms with Gasteiger partial charge in [-0.3, -0.25) is 4.57 Å². The molecule has 3 aromatic rings. The normalized spacial score (nSPS) is 19.8. The molecule has 1 saturated carbocycles. The minimum absolute atomic E-state index is 0.00637. The number of hydrogen-bond acceptors (Lipinski definition) is 6. The molecular weight excluding hydrogens is 390 g/mol. The minimum atomic E-state index is -0.700. The Bertz CT molecular complexity index is 1030. The zero-order valence-electron chi connectivity index (χ0n) is 17.3. The van der Waals surface area contributed by atoms with Gasteiger partial charge in [0.05, 0.1) is 12.3 Å². The maximum atomic E-state index is 14.3. The van der Waals surface area contributed by atoms with E-state index in [9.17, 15) is 13.9 Å². The lowest BCUT2D eigenvalue weighted by molar-refractivity contribution is 0.112. The average Bonchev–Trinajstić information content (AvgIpc) is 3.01. The molecule has 0 atom stereocenters. The van der Waals surface area contributed by atoms with Gasteiger partial charge < -0.3 is 15.7 Å². The van der Waals surface area contributed by atoms with Gasteiger partial charge in [0, 0.05) is 11.6 Å². The maximum Gasteiger partial charge on any atom is 0.225 e. The Labute approximate surface area is 173 Å². The molecule has 0 radical (unpaired) electrons. The van der Waals surface area contributed by atoms with Crippen LogP contribution in [0, 0.1) is 11.6 Å². The topological polar surface area (TPSA) is 87.9 Å². The van der Waals surface area contributed by atoms with Gasteiger partial charge in [0.15, 0.2) is 5.65 Å². The van der Waals surface area contributed by atoms with Gasteiger partial charge in [-0.05, 0) is 58.6 Å². The molecule has 160 valence electrons. The Kier molecular flexibility index (Phi) is 5.31. The van der Waals surface area contributed by atoms with Crippen LogP contribution in [0.25, 0.3) is 11.2 Å². The van der Waals surface area contributed by atoms with Crippen molar-refractivity contribution < 1.29 is 13.9 Å². The largest absolute Gasteiger partial charge is 0.393 e. The van der Waals surface area contributed by atoms with E-state index in [1.165, 1.54) is 18.2 Å². The number of fused-ring (bicyclic) bond motifs is 1. The number of halogens is 2. The molecule has 0 saturated heterocycles. The van der Waals surface area contributed by atoms with Gasteiger partial charge in [-0.15, -0.1) is 0 Å². The number of aromatic nitrogens is 4. The number of benzene rings is 1. The fourth-order valence-electron chi connectivity index (χ4n) is 3.77. The van der Waals surface area contributed by atoms with Crippen molar-refractivity contribution in [2.45, 2.75) is 64.1 Å². The van der Waals surface area contributed by atoms with Crippen LogP contribution in [-0.2, 0) is 0 Å². The monoisotopic (exact) mass is 416 g/mol. The molecule has 0 spiro atoms. The van der Waals surface area contributed by atoms with Gasteiger partial charge in [0.1, 0.15) is 22.8 Å². The molecular formula is C21H26F2N6O. The summed E-state index contributed by atoms with van der Waals surface area (Å²) in [5, 5.41) is 16.0. The summed E-state index contributed by atoms with van der Waals surface area (Å²) in [6, 6.07) is 3.70. The Morgan fingerprint density at radius 3 is 2.37 bits per heavy atom. The zero-order valence-corrected chi connectivity index (χ0v) is 17.3. The molecule has 2 aromatic heterocycles. The lowest BCUT2D eigenvalue weighted by Crippen LogP contribution is -2.27. The number of imidazole rings is 1. The summed E-state index contributed by atoms with van der Waals surface area (Å²) in [6.07, 6.45) is 4.00. The number of anilines is 3. The van der Waals surface area contributed by atoms with Gasteiger partial charge in [-0.2, -0.15) is 4.98 Å². The highest BCUT2D eigenvalue weighted by Crippen LogP contribution is 2.35. The molecule has 1 aliphatic rings. The molecule has 1 aliphatic carbocycles. The summed E-state index contributed by atoms with van der Waals surface area (Å²) in [5.41, 5.74) is 0.619. The van der Waals surface area contributed by atoms with Crippen LogP contribution < -0.4 is 10.6 Å². The van der Waals surface area contributed by atoms with Crippen LogP contribution in [-0.4, -0.2) is 36.3 Å². The lowest BCUT2D eigenvalue weighted by atomic mass is 9.93. The van der Waals surface area contributed by atoms with Crippen molar-refractivity contribution in [3.63, 3.8) is 0 Å². The molecule has 0 bridgehead atoms. The molecule has 7 nitrogen and oxygen atoms in total. The molecule has 2 heterocycles. The molecule has 9 heteroatoms. The third-order valence-electron chi connectivity index (χ3n) is 5.15. The average molecular weight is 416 g/mol. The third kappa shape index (κ3) is 4.21. The van der Waals surface area contributed by atoms with Crippen molar-refractivity contribution in [2.24, 2.45) is 0 Å². The van der Waals surface area contributed by atoms with Crippen molar-refractivity contribution in [1.29, 1.82) is 0 Å². The molecule has 1 fully saturated rings. The summed E-state index contributed by atoms with van der Waals surface area (Å²) < 4.78 is 30.4. The quantitative estimate of drug-likeness (QED) is 0.579. The first-order chi connectivity index (χ1) is 14.2. The Morgan fingerprint density at radius 2 is 1.73 bits per heavy atom. The number of nitrogens with zero attached hydrogens (tertiary/aromatic N) is 4. The number of aliphatic hydroxyl groups excluding tert-OH is 1. The van der Waals surface area contributed by atoms with E-state index >= 15 is 0 Å². The molecule has 0 unspecified atom stereocenters. The smallest absolute Gasteiger partial charge is 0.225 e. The number of rotatable bonds is 4. The summed E-state index contributed by atoms with van der Waals surface area (Å²) in [4.78, 5) is 13.5. The number of nitrogens with one attached hydrogen (secondary N) is 2. The van der Waals surface area contributed by atoms with Gasteiger partial charge in [0.25, 0.3) is 0 Å². The Balaban J connectivity index is 1.81. The first kappa shape index (κ1) is 20.5. The van der Waals surface area contributed by atoms with E-state index in [0.717, 1.165) is 0 Å². The predicted molar refractivity (Wildman–Crippen MR) is 112 cm³/mol. The fraction of sp³-hybridized carbons (Fsp3) is 0.476. The van der Waals surface area contributed by atoms with Crippen LogP contribution in [0.2, 0.25) is 0 Å². The highest BCUT2D eigenvalue weighted by Gasteiger charge is 2.27. The number of hydrogen-bond donors (Lipinski definition) is 3. The van der Waals surface area contributed by atoms with Crippen LogP contribution in [0.3, 0.4) is 0 Å². The van der Waals surface area contributed by atoms with Crippen LogP contribution in [0.15, 0.2) is 24.4 Å². The van der Waals surface area contributed by atoms with E-state index in [4.69, 9.17) is 0 Å². The SMILES string of the molecule is CC(C)(C)Nc1ncc2nc(Nc3c(F)cccc3F)n(C3CCC(O)CC3)c2n1. The Hall–Kier alpha value is -2.81. The summed E-state index contributed by atoms with van der Waals surface area (Å²) in [7, 11) is 0. The molecule has 3 N–H and O–H groups in total. The molecule has 0 amide bonds. The zero-order chi connectivity index (χ0) is 21.5. The van der Waals surface area contributed by atoms with Crippen LogP contribution in [0.1, 0.15) is 52.5 Å². The van der Waals surface area contributed by atoms with Crippen molar-refractivity contribution in [3.05, 3.63) is 36.0 Å². The molecule has 30 heavy (non-hydrogen) atoms. The summed E-state index contributed by atoms with van der Waals surface area (Å²) >= 11 is 0. The van der Waals surface area contributed by atoms with E-state index < -0.39 is 11.6 Å².